The summed E-state index contributed by atoms with van der Waals surface area (Å²) in [6, 6.07) is 0. The summed E-state index contributed by atoms with van der Waals surface area (Å²) in [7, 11) is 1.79. The molecule has 0 spiro atoms. The van der Waals surface area contributed by atoms with E-state index >= 15 is 0 Å². The first-order chi connectivity index (χ1) is 7.49. The lowest BCUT2D eigenvalue weighted by Gasteiger charge is -2.42. The van der Waals surface area contributed by atoms with Crippen LogP contribution in [-0.4, -0.2) is 36.1 Å². The van der Waals surface area contributed by atoms with Gasteiger partial charge in [0.2, 0.25) is 5.91 Å². The minimum absolute atomic E-state index is 0.0328. The van der Waals surface area contributed by atoms with Crippen molar-refractivity contribution in [3.05, 3.63) is 0 Å². The van der Waals surface area contributed by atoms with E-state index in [1.54, 1.807) is 7.05 Å². The number of hydrogen-bond acceptors (Lipinski definition) is 3. The Balaban J connectivity index is 2.49. The maximum Gasteiger partial charge on any atom is 0.305 e. The summed E-state index contributed by atoms with van der Waals surface area (Å²) in [6.45, 7) is 2.44. The molecule has 0 aromatic carbocycles. The Hall–Kier alpha value is -1.10. The number of amides is 1. The smallest absolute Gasteiger partial charge is 0.305 e. The average Bonchev–Trinajstić information content (AvgIpc) is 2.13. The van der Waals surface area contributed by atoms with Crippen LogP contribution in [0.15, 0.2) is 0 Å². The largest absolute Gasteiger partial charge is 0.481 e. The van der Waals surface area contributed by atoms with Crippen molar-refractivity contribution in [2.45, 2.75) is 38.1 Å². The van der Waals surface area contributed by atoms with Gasteiger partial charge in [0.25, 0.3) is 0 Å². The van der Waals surface area contributed by atoms with Crippen LogP contribution in [0.4, 0.5) is 0 Å². The first kappa shape index (κ1) is 13.0. The van der Waals surface area contributed by atoms with Crippen LogP contribution in [0.2, 0.25) is 0 Å². The van der Waals surface area contributed by atoms with Crippen molar-refractivity contribution < 1.29 is 14.7 Å². The van der Waals surface area contributed by atoms with E-state index in [4.69, 9.17) is 5.11 Å². The van der Waals surface area contributed by atoms with Gasteiger partial charge in [-0.25, -0.2) is 0 Å². The van der Waals surface area contributed by atoms with Crippen molar-refractivity contribution >= 4 is 11.9 Å². The number of aliphatic carboxylic acids is 1. The molecule has 0 heterocycles. The predicted molar refractivity (Wildman–Crippen MR) is 60.1 cm³/mol. The van der Waals surface area contributed by atoms with Crippen LogP contribution in [0, 0.1) is 5.92 Å². The fourth-order valence-corrected chi connectivity index (χ4v) is 2.02. The normalized spacial score (nSPS) is 19.6. The van der Waals surface area contributed by atoms with Crippen LogP contribution in [-0.2, 0) is 9.59 Å². The third-order valence-electron chi connectivity index (χ3n) is 3.15. The Kier molecular flexibility index (Phi) is 4.29. The third-order valence-corrected chi connectivity index (χ3v) is 3.15. The van der Waals surface area contributed by atoms with Gasteiger partial charge < -0.3 is 15.7 Å². The summed E-state index contributed by atoms with van der Waals surface area (Å²) in [6.07, 6.45) is 2.58. The second-order valence-corrected chi connectivity index (χ2v) is 4.65. The Morgan fingerprint density at radius 1 is 1.44 bits per heavy atom. The van der Waals surface area contributed by atoms with E-state index in [1.165, 1.54) is 0 Å². The molecule has 1 aliphatic carbocycles. The molecule has 1 aliphatic rings. The Labute approximate surface area is 95.6 Å². The molecule has 1 amide bonds. The van der Waals surface area contributed by atoms with E-state index in [0.29, 0.717) is 6.54 Å². The number of nitrogens with one attached hydrogen (secondary N) is 2. The van der Waals surface area contributed by atoms with Gasteiger partial charge in [-0.2, -0.15) is 0 Å². The van der Waals surface area contributed by atoms with E-state index in [0.717, 1.165) is 19.3 Å². The minimum atomic E-state index is -0.846. The fourth-order valence-electron chi connectivity index (χ4n) is 2.02. The lowest BCUT2D eigenvalue weighted by Crippen LogP contribution is -2.56. The molecular weight excluding hydrogens is 208 g/mol. The fraction of sp³-hybridized carbons (Fsp3) is 0.818. The van der Waals surface area contributed by atoms with Crippen LogP contribution in [0.25, 0.3) is 0 Å². The molecule has 0 radical (unpaired) electrons. The minimum Gasteiger partial charge on any atom is -0.481 e. The Bertz CT molecular complexity index is 274. The van der Waals surface area contributed by atoms with Crippen molar-refractivity contribution in [3.63, 3.8) is 0 Å². The standard InChI is InChI=1S/C11H20N2O3/c1-8(7-12-2)10(16)13-11(4-3-5-11)6-9(14)15/h8,12H,3-7H2,1-2H3,(H,13,16)(H,14,15). The van der Waals surface area contributed by atoms with Crippen LogP contribution >= 0.6 is 0 Å². The lowest BCUT2D eigenvalue weighted by atomic mass is 9.74. The highest BCUT2D eigenvalue weighted by Gasteiger charge is 2.40. The summed E-state index contributed by atoms with van der Waals surface area (Å²) in [5.41, 5.74) is -0.481. The third kappa shape index (κ3) is 3.20. The van der Waals surface area contributed by atoms with Gasteiger partial charge in [-0.3, -0.25) is 9.59 Å². The quantitative estimate of drug-likeness (QED) is 0.613. The molecule has 0 aliphatic heterocycles. The van der Waals surface area contributed by atoms with Crippen molar-refractivity contribution in [1.82, 2.24) is 10.6 Å². The number of carboxylic acid groups (broad SMARTS) is 1. The van der Waals surface area contributed by atoms with Gasteiger partial charge in [-0.05, 0) is 26.3 Å². The van der Waals surface area contributed by atoms with Gasteiger partial charge in [0.05, 0.1) is 12.0 Å². The summed E-state index contributed by atoms with van der Waals surface area (Å²) < 4.78 is 0. The molecule has 1 atom stereocenters. The highest BCUT2D eigenvalue weighted by Crippen LogP contribution is 2.35. The zero-order valence-corrected chi connectivity index (χ0v) is 9.88. The van der Waals surface area contributed by atoms with E-state index < -0.39 is 11.5 Å². The van der Waals surface area contributed by atoms with Gasteiger partial charge in [-0.1, -0.05) is 6.92 Å². The van der Waals surface area contributed by atoms with Crippen molar-refractivity contribution in [2.24, 2.45) is 5.92 Å². The highest BCUT2D eigenvalue weighted by molar-refractivity contribution is 5.80. The molecule has 5 heteroatoms. The van der Waals surface area contributed by atoms with Crippen LogP contribution in [0.3, 0.4) is 0 Å². The average molecular weight is 228 g/mol. The molecule has 1 rings (SSSR count). The molecule has 5 nitrogen and oxygen atoms in total. The van der Waals surface area contributed by atoms with Crippen molar-refractivity contribution in [1.29, 1.82) is 0 Å². The van der Waals surface area contributed by atoms with E-state index in [2.05, 4.69) is 10.6 Å². The number of hydrogen-bond donors (Lipinski definition) is 3. The van der Waals surface area contributed by atoms with Gasteiger partial charge in [-0.15, -0.1) is 0 Å². The van der Waals surface area contributed by atoms with E-state index in [9.17, 15) is 9.59 Å². The number of rotatable bonds is 6. The zero-order valence-electron chi connectivity index (χ0n) is 9.88. The second kappa shape index (κ2) is 5.30. The number of carboxylic acids is 1. The van der Waals surface area contributed by atoms with Gasteiger partial charge >= 0.3 is 5.97 Å². The first-order valence-electron chi connectivity index (χ1n) is 5.67. The monoisotopic (exact) mass is 228 g/mol. The molecule has 0 bridgehead atoms. The van der Waals surface area contributed by atoms with Crippen LogP contribution in [0.5, 0.6) is 0 Å². The number of carbonyl (C=O) groups is 2. The maximum atomic E-state index is 11.8. The second-order valence-electron chi connectivity index (χ2n) is 4.65. The van der Waals surface area contributed by atoms with Crippen molar-refractivity contribution in [3.8, 4) is 0 Å². The first-order valence-corrected chi connectivity index (χ1v) is 5.67. The van der Waals surface area contributed by atoms with E-state index in [1.807, 2.05) is 6.92 Å². The summed E-state index contributed by atoms with van der Waals surface area (Å²) in [5, 5.41) is 14.6. The molecule has 92 valence electrons. The molecule has 0 saturated heterocycles. The Morgan fingerprint density at radius 2 is 2.06 bits per heavy atom. The predicted octanol–water partition coefficient (Wildman–Crippen LogP) is 0.355. The summed E-state index contributed by atoms with van der Waals surface area (Å²) in [4.78, 5) is 22.5. The molecule has 1 fully saturated rings. The zero-order chi connectivity index (χ0) is 12.2. The molecule has 1 saturated carbocycles. The summed E-state index contributed by atoms with van der Waals surface area (Å²) >= 11 is 0. The topological polar surface area (TPSA) is 78.4 Å². The SMILES string of the molecule is CNCC(C)C(=O)NC1(CC(=O)O)CCC1. The molecular formula is C11H20N2O3. The van der Waals surface area contributed by atoms with Gasteiger partial charge in [0.15, 0.2) is 0 Å². The molecule has 0 aromatic rings. The van der Waals surface area contributed by atoms with Gasteiger partial charge in [0.1, 0.15) is 0 Å². The Morgan fingerprint density at radius 3 is 2.44 bits per heavy atom. The lowest BCUT2D eigenvalue weighted by molar-refractivity contribution is -0.140. The van der Waals surface area contributed by atoms with Gasteiger partial charge in [0, 0.05) is 12.5 Å². The highest BCUT2D eigenvalue weighted by atomic mass is 16.4. The molecule has 3 N–H and O–H groups in total. The maximum absolute atomic E-state index is 11.8. The number of carbonyl (C=O) groups excluding carboxylic acids is 1. The van der Waals surface area contributed by atoms with Crippen LogP contribution in [0.1, 0.15) is 32.6 Å². The summed E-state index contributed by atoms with van der Waals surface area (Å²) in [5.74, 6) is -1.03. The molecule has 16 heavy (non-hydrogen) atoms. The van der Waals surface area contributed by atoms with Crippen molar-refractivity contribution in [2.75, 3.05) is 13.6 Å². The van der Waals surface area contributed by atoms with E-state index in [-0.39, 0.29) is 18.2 Å². The molecule has 1 unspecified atom stereocenters. The molecule has 0 aromatic heterocycles. The van der Waals surface area contributed by atoms with Crippen LogP contribution < -0.4 is 10.6 Å².